The maximum atomic E-state index is 13.0. The molecule has 0 bridgehead atoms. The van der Waals surface area contributed by atoms with Crippen LogP contribution in [-0.2, 0) is 16.0 Å². The van der Waals surface area contributed by atoms with Gasteiger partial charge in [0.25, 0.3) is 0 Å². The van der Waals surface area contributed by atoms with Crippen LogP contribution in [0.25, 0.3) is 0 Å². The highest BCUT2D eigenvalue weighted by Gasteiger charge is 2.42. The van der Waals surface area contributed by atoms with E-state index >= 15 is 0 Å². The first-order valence-electron chi connectivity index (χ1n) is 11.6. The number of anilines is 1. The predicted octanol–water partition coefficient (Wildman–Crippen LogP) is 2.90. The number of nitrogens with zero attached hydrogens (tertiary/aromatic N) is 3. The molecule has 2 N–H and O–H groups in total. The zero-order chi connectivity index (χ0) is 22.1. The number of benzene rings is 1. The van der Waals surface area contributed by atoms with E-state index in [-0.39, 0.29) is 11.8 Å². The molecule has 7 heteroatoms. The molecule has 5 rings (SSSR count). The average molecular weight is 435 g/mol. The lowest BCUT2D eigenvalue weighted by Gasteiger charge is -2.44. The molecule has 2 aromatic rings. The van der Waals surface area contributed by atoms with E-state index in [1.807, 2.05) is 40.1 Å². The van der Waals surface area contributed by atoms with Gasteiger partial charge in [0.2, 0.25) is 5.91 Å². The summed E-state index contributed by atoms with van der Waals surface area (Å²) in [6, 6.07) is 12.9. The molecule has 3 aliphatic heterocycles. The van der Waals surface area contributed by atoms with Crippen LogP contribution in [0.1, 0.15) is 48.0 Å². The molecular weight excluding hydrogens is 404 g/mol. The number of amides is 1. The summed E-state index contributed by atoms with van der Waals surface area (Å²) in [6.45, 7) is 3.48. The van der Waals surface area contributed by atoms with Crippen molar-refractivity contribution in [1.29, 1.82) is 0 Å². The summed E-state index contributed by atoms with van der Waals surface area (Å²) in [5.41, 5.74) is 3.20. The van der Waals surface area contributed by atoms with E-state index in [9.17, 15) is 14.7 Å². The van der Waals surface area contributed by atoms with Gasteiger partial charge in [-0.3, -0.25) is 14.5 Å². The number of carbonyl (C=O) groups excluding carboxylic acids is 1. The molecule has 1 aromatic carbocycles. The van der Waals surface area contributed by atoms with Crippen molar-refractivity contribution in [3.8, 4) is 0 Å². The van der Waals surface area contributed by atoms with Gasteiger partial charge in [-0.1, -0.05) is 36.4 Å². The van der Waals surface area contributed by atoms with Crippen molar-refractivity contribution >= 4 is 17.7 Å². The standard InChI is InChI=1S/C25H30N4O3/c30-24(20-15-29(16-20)22(25(31)32)18-5-2-1-3-6-18)28-13-10-17(11-14-28)21-9-8-19-7-4-12-26-23(19)27-21/h1-3,5-6,8-9,17,20,22H,4,7,10-16H2,(H,26,27)(H,31,32)/t22-/m0/s1. The maximum Gasteiger partial charge on any atom is 0.325 e. The van der Waals surface area contributed by atoms with E-state index in [0.29, 0.717) is 19.0 Å². The molecule has 4 heterocycles. The van der Waals surface area contributed by atoms with E-state index in [4.69, 9.17) is 4.98 Å². The maximum absolute atomic E-state index is 13.0. The third kappa shape index (κ3) is 4.09. The number of rotatable bonds is 5. The van der Waals surface area contributed by atoms with Gasteiger partial charge in [0.05, 0.1) is 5.92 Å². The summed E-state index contributed by atoms with van der Waals surface area (Å²) in [4.78, 5) is 33.6. The second-order valence-corrected chi connectivity index (χ2v) is 9.18. The monoisotopic (exact) mass is 434 g/mol. The Bertz CT molecular complexity index is 982. The Labute approximate surface area is 188 Å². The molecule has 0 unspecified atom stereocenters. The molecule has 1 atom stereocenters. The van der Waals surface area contributed by atoms with Gasteiger partial charge in [-0.2, -0.15) is 0 Å². The number of aryl methyl sites for hydroxylation is 1. The lowest BCUT2D eigenvalue weighted by atomic mass is 9.89. The predicted molar refractivity (Wildman–Crippen MR) is 121 cm³/mol. The zero-order valence-corrected chi connectivity index (χ0v) is 18.2. The quantitative estimate of drug-likeness (QED) is 0.753. The number of likely N-dealkylation sites (tertiary alicyclic amines) is 2. The van der Waals surface area contributed by atoms with Crippen molar-refractivity contribution in [2.24, 2.45) is 5.92 Å². The summed E-state index contributed by atoms with van der Waals surface area (Å²) in [5.74, 6) is 0.615. The number of piperidine rings is 1. The number of pyridine rings is 1. The number of carbonyl (C=O) groups is 2. The third-order valence-electron chi connectivity index (χ3n) is 7.11. The highest BCUT2D eigenvalue weighted by molar-refractivity contribution is 5.81. The molecule has 0 saturated carbocycles. The Morgan fingerprint density at radius 1 is 1.06 bits per heavy atom. The van der Waals surface area contributed by atoms with Crippen LogP contribution in [0.4, 0.5) is 5.82 Å². The van der Waals surface area contributed by atoms with Crippen molar-refractivity contribution in [3.63, 3.8) is 0 Å². The third-order valence-corrected chi connectivity index (χ3v) is 7.11. The number of carboxylic acids is 1. The summed E-state index contributed by atoms with van der Waals surface area (Å²) in [6.07, 6.45) is 4.10. The van der Waals surface area contributed by atoms with Crippen LogP contribution in [0.3, 0.4) is 0 Å². The lowest BCUT2D eigenvalue weighted by molar-refractivity contribution is -0.153. The van der Waals surface area contributed by atoms with Gasteiger partial charge < -0.3 is 15.3 Å². The Balaban J connectivity index is 1.15. The summed E-state index contributed by atoms with van der Waals surface area (Å²) in [5, 5.41) is 13.1. The van der Waals surface area contributed by atoms with E-state index < -0.39 is 12.0 Å². The fourth-order valence-electron chi connectivity index (χ4n) is 5.25. The number of fused-ring (bicyclic) bond motifs is 1. The molecule has 1 amide bonds. The highest BCUT2D eigenvalue weighted by Crippen LogP contribution is 2.33. The average Bonchev–Trinajstić information content (AvgIpc) is 2.81. The molecule has 2 saturated heterocycles. The van der Waals surface area contributed by atoms with Crippen LogP contribution in [0.2, 0.25) is 0 Å². The SMILES string of the molecule is O=C(O)[C@H](c1ccccc1)N1CC(C(=O)N2CCC(c3ccc4c(n3)NCCC4)CC2)C1. The van der Waals surface area contributed by atoms with Gasteiger partial charge in [-0.05, 0) is 42.9 Å². The molecule has 0 radical (unpaired) electrons. The first-order valence-corrected chi connectivity index (χ1v) is 11.6. The Hall–Kier alpha value is -2.93. The number of nitrogens with one attached hydrogen (secondary N) is 1. The minimum atomic E-state index is -0.866. The lowest BCUT2D eigenvalue weighted by Crippen LogP contribution is -2.57. The number of hydrogen-bond acceptors (Lipinski definition) is 5. The smallest absolute Gasteiger partial charge is 0.325 e. The van der Waals surface area contributed by atoms with E-state index in [1.54, 1.807) is 0 Å². The van der Waals surface area contributed by atoms with Crippen molar-refractivity contribution in [1.82, 2.24) is 14.8 Å². The minimum absolute atomic E-state index is 0.108. The molecule has 2 fully saturated rings. The first kappa shape index (κ1) is 20.9. The van der Waals surface area contributed by atoms with E-state index in [2.05, 4.69) is 17.4 Å². The Morgan fingerprint density at radius 2 is 1.81 bits per heavy atom. The highest BCUT2D eigenvalue weighted by atomic mass is 16.4. The number of aliphatic carboxylic acids is 1. The van der Waals surface area contributed by atoms with Crippen molar-refractivity contribution in [3.05, 3.63) is 59.3 Å². The molecule has 1 aromatic heterocycles. The number of hydrogen-bond donors (Lipinski definition) is 2. The zero-order valence-electron chi connectivity index (χ0n) is 18.2. The normalized spacial score (nSPS) is 20.7. The van der Waals surface area contributed by atoms with Gasteiger partial charge in [-0.25, -0.2) is 4.98 Å². The van der Waals surface area contributed by atoms with Gasteiger partial charge in [0, 0.05) is 44.3 Å². The fourth-order valence-corrected chi connectivity index (χ4v) is 5.25. The molecule has 3 aliphatic rings. The van der Waals surface area contributed by atoms with Crippen molar-refractivity contribution < 1.29 is 14.7 Å². The van der Waals surface area contributed by atoms with Crippen LogP contribution in [0.15, 0.2) is 42.5 Å². The molecule has 0 spiro atoms. The molecule has 32 heavy (non-hydrogen) atoms. The summed E-state index contributed by atoms with van der Waals surface area (Å²) in [7, 11) is 0. The minimum Gasteiger partial charge on any atom is -0.480 e. The number of aromatic nitrogens is 1. The second-order valence-electron chi connectivity index (χ2n) is 9.18. The van der Waals surface area contributed by atoms with Gasteiger partial charge in [0.15, 0.2) is 0 Å². The Kier molecular flexibility index (Phi) is 5.83. The van der Waals surface area contributed by atoms with E-state index in [0.717, 1.165) is 62.4 Å². The second kappa shape index (κ2) is 8.90. The molecular formula is C25H30N4O3. The molecule has 168 valence electrons. The van der Waals surface area contributed by atoms with Crippen LogP contribution in [-0.4, -0.2) is 64.5 Å². The van der Waals surface area contributed by atoms with Gasteiger partial charge >= 0.3 is 5.97 Å². The largest absolute Gasteiger partial charge is 0.480 e. The van der Waals surface area contributed by atoms with Gasteiger partial charge in [0.1, 0.15) is 11.9 Å². The topological polar surface area (TPSA) is 85.8 Å². The fraction of sp³-hybridized carbons (Fsp3) is 0.480. The molecule has 7 nitrogen and oxygen atoms in total. The summed E-state index contributed by atoms with van der Waals surface area (Å²) < 4.78 is 0. The number of carboxylic acid groups (broad SMARTS) is 1. The van der Waals surface area contributed by atoms with E-state index in [1.165, 1.54) is 5.56 Å². The first-order chi connectivity index (χ1) is 15.6. The van der Waals surface area contributed by atoms with Crippen molar-refractivity contribution in [2.75, 3.05) is 38.0 Å². The van der Waals surface area contributed by atoms with Crippen LogP contribution < -0.4 is 5.32 Å². The van der Waals surface area contributed by atoms with Gasteiger partial charge in [-0.15, -0.1) is 0 Å². The van der Waals surface area contributed by atoms with Crippen molar-refractivity contribution in [2.45, 2.75) is 37.6 Å². The molecule has 0 aliphatic carbocycles. The summed E-state index contributed by atoms with van der Waals surface area (Å²) >= 11 is 0. The van der Waals surface area contributed by atoms with Crippen LogP contribution >= 0.6 is 0 Å². The van der Waals surface area contributed by atoms with Crippen LogP contribution in [0.5, 0.6) is 0 Å². The Morgan fingerprint density at radius 3 is 2.53 bits per heavy atom. The van der Waals surface area contributed by atoms with Crippen LogP contribution in [0, 0.1) is 5.92 Å².